The Morgan fingerprint density at radius 1 is 1.19 bits per heavy atom. The lowest BCUT2D eigenvalue weighted by atomic mass is 10.1. The molecule has 0 radical (unpaired) electrons. The number of ether oxygens (including phenoxy) is 1. The van der Waals surface area contributed by atoms with Crippen molar-refractivity contribution in [1.82, 2.24) is 14.5 Å². The Balaban J connectivity index is 1.86. The molecule has 168 valence electrons. The molecule has 32 heavy (non-hydrogen) atoms. The van der Waals surface area contributed by atoms with Gasteiger partial charge in [-0.05, 0) is 32.9 Å². The van der Waals surface area contributed by atoms with E-state index in [4.69, 9.17) is 4.74 Å². The maximum Gasteiger partial charge on any atom is 0.410 e. The van der Waals surface area contributed by atoms with Gasteiger partial charge in [0.25, 0.3) is 5.56 Å². The van der Waals surface area contributed by atoms with Crippen LogP contribution in [0.15, 0.2) is 16.9 Å². The normalized spacial score (nSPS) is 18.7. The molecule has 10 nitrogen and oxygen atoms in total. The SMILES string of the molecule is CN1C(=O)CC2CN(C(=O)OC(C)(C)C)CCN2c2c1c(=O)n(C)c1ccc(C#N)nc21. The number of nitrogens with zero attached hydrogens (tertiary/aromatic N) is 6. The van der Waals surface area contributed by atoms with Gasteiger partial charge in [0.15, 0.2) is 0 Å². The number of rotatable bonds is 0. The summed E-state index contributed by atoms with van der Waals surface area (Å²) in [5.41, 5.74) is 1.11. The molecule has 2 aromatic heterocycles. The summed E-state index contributed by atoms with van der Waals surface area (Å²) in [4.78, 5) is 48.4. The molecule has 1 unspecified atom stereocenters. The molecule has 0 aliphatic carbocycles. The van der Waals surface area contributed by atoms with Gasteiger partial charge in [-0.25, -0.2) is 9.78 Å². The van der Waals surface area contributed by atoms with Gasteiger partial charge in [-0.3, -0.25) is 9.59 Å². The van der Waals surface area contributed by atoms with Crippen LogP contribution in [0.25, 0.3) is 11.0 Å². The summed E-state index contributed by atoms with van der Waals surface area (Å²) in [5, 5.41) is 9.38. The number of pyridine rings is 2. The van der Waals surface area contributed by atoms with Gasteiger partial charge < -0.3 is 24.0 Å². The van der Waals surface area contributed by atoms with Crippen LogP contribution < -0.4 is 15.4 Å². The van der Waals surface area contributed by atoms with Crippen LogP contribution in [0.3, 0.4) is 0 Å². The number of nitriles is 1. The van der Waals surface area contributed by atoms with Gasteiger partial charge >= 0.3 is 6.09 Å². The van der Waals surface area contributed by atoms with Crippen molar-refractivity contribution in [3.8, 4) is 6.07 Å². The highest BCUT2D eigenvalue weighted by atomic mass is 16.6. The van der Waals surface area contributed by atoms with E-state index in [1.165, 1.54) is 9.47 Å². The van der Waals surface area contributed by atoms with Crippen LogP contribution in [-0.2, 0) is 16.6 Å². The fraction of sp³-hybridized carbons (Fsp3) is 0.500. The van der Waals surface area contributed by atoms with Gasteiger partial charge in [0.05, 0.1) is 17.2 Å². The lowest BCUT2D eigenvalue weighted by Gasteiger charge is -2.42. The molecule has 10 heteroatoms. The first-order valence-electron chi connectivity index (χ1n) is 10.5. The molecule has 0 N–H and O–H groups in total. The second-order valence-corrected chi connectivity index (χ2v) is 9.17. The largest absolute Gasteiger partial charge is 0.444 e. The van der Waals surface area contributed by atoms with E-state index in [9.17, 15) is 19.6 Å². The second-order valence-electron chi connectivity index (χ2n) is 9.17. The highest BCUT2D eigenvalue weighted by Gasteiger charge is 2.40. The van der Waals surface area contributed by atoms with Gasteiger partial charge in [0.2, 0.25) is 5.91 Å². The number of amides is 2. The smallest absolute Gasteiger partial charge is 0.410 e. The average molecular weight is 438 g/mol. The molecule has 1 fully saturated rings. The zero-order valence-electron chi connectivity index (χ0n) is 18.9. The number of piperazine rings is 1. The van der Waals surface area contributed by atoms with Crippen molar-refractivity contribution in [3.63, 3.8) is 0 Å². The number of carbonyl (C=O) groups excluding carboxylic acids is 2. The average Bonchev–Trinajstić information content (AvgIpc) is 2.84. The van der Waals surface area contributed by atoms with Crippen LogP contribution in [0, 0.1) is 11.3 Å². The molecular formula is C22H26N6O4. The first kappa shape index (κ1) is 21.6. The Labute approximate surface area is 185 Å². The molecule has 0 bridgehead atoms. The quantitative estimate of drug-likeness (QED) is 0.614. The van der Waals surface area contributed by atoms with Crippen molar-refractivity contribution < 1.29 is 14.3 Å². The Morgan fingerprint density at radius 2 is 1.91 bits per heavy atom. The van der Waals surface area contributed by atoms with E-state index in [-0.39, 0.29) is 41.9 Å². The van der Waals surface area contributed by atoms with E-state index >= 15 is 0 Å². The van der Waals surface area contributed by atoms with Gasteiger partial charge in [-0.15, -0.1) is 0 Å². The van der Waals surface area contributed by atoms with Crippen LogP contribution in [0.1, 0.15) is 32.9 Å². The van der Waals surface area contributed by atoms with Crippen molar-refractivity contribution in [2.24, 2.45) is 7.05 Å². The van der Waals surface area contributed by atoms with Crippen LogP contribution in [-0.4, -0.2) is 64.8 Å². The molecule has 2 aliphatic rings. The van der Waals surface area contributed by atoms with E-state index in [0.717, 1.165) is 0 Å². The van der Waals surface area contributed by atoms with Crippen LogP contribution in [0.2, 0.25) is 0 Å². The van der Waals surface area contributed by atoms with Crippen molar-refractivity contribution in [2.45, 2.75) is 38.8 Å². The highest BCUT2D eigenvalue weighted by Crippen LogP contribution is 2.38. The molecule has 0 aromatic carbocycles. The first-order chi connectivity index (χ1) is 15.0. The molecule has 4 heterocycles. The number of hydrogen-bond donors (Lipinski definition) is 0. The fourth-order valence-corrected chi connectivity index (χ4v) is 4.29. The summed E-state index contributed by atoms with van der Waals surface area (Å²) in [7, 11) is 3.20. The minimum Gasteiger partial charge on any atom is -0.444 e. The number of anilines is 2. The monoisotopic (exact) mass is 438 g/mol. The number of hydrogen-bond acceptors (Lipinski definition) is 7. The molecule has 0 saturated carbocycles. The summed E-state index contributed by atoms with van der Waals surface area (Å²) < 4.78 is 6.96. The summed E-state index contributed by atoms with van der Waals surface area (Å²) >= 11 is 0. The number of aryl methyl sites for hydroxylation is 1. The maximum absolute atomic E-state index is 13.3. The molecule has 2 amide bonds. The third-order valence-electron chi connectivity index (χ3n) is 5.85. The Morgan fingerprint density at radius 3 is 2.56 bits per heavy atom. The number of carbonyl (C=O) groups is 2. The lowest BCUT2D eigenvalue weighted by molar-refractivity contribution is -0.118. The molecular weight excluding hydrogens is 412 g/mol. The molecule has 2 aromatic rings. The van der Waals surface area contributed by atoms with E-state index in [1.807, 2.05) is 31.7 Å². The minimum atomic E-state index is -0.625. The van der Waals surface area contributed by atoms with E-state index in [2.05, 4.69) is 4.98 Å². The van der Waals surface area contributed by atoms with Gasteiger partial charge in [0, 0.05) is 40.2 Å². The third kappa shape index (κ3) is 3.53. The topological polar surface area (TPSA) is 112 Å². The van der Waals surface area contributed by atoms with Crippen LogP contribution in [0.4, 0.5) is 16.2 Å². The fourth-order valence-electron chi connectivity index (χ4n) is 4.29. The lowest BCUT2D eigenvalue weighted by Crippen LogP contribution is -2.56. The summed E-state index contributed by atoms with van der Waals surface area (Å²) in [6.45, 7) is 6.48. The molecule has 4 rings (SSSR count). The van der Waals surface area contributed by atoms with Gasteiger partial charge in [-0.1, -0.05) is 0 Å². The Kier molecular flexibility index (Phi) is 5.07. The van der Waals surface area contributed by atoms with E-state index < -0.39 is 11.7 Å². The summed E-state index contributed by atoms with van der Waals surface area (Å²) in [6.07, 6.45) is -0.297. The van der Waals surface area contributed by atoms with E-state index in [1.54, 1.807) is 31.1 Å². The Bertz CT molecular complexity index is 1220. The Hall–Kier alpha value is -3.61. The first-order valence-corrected chi connectivity index (χ1v) is 10.5. The molecule has 1 saturated heterocycles. The standard InChI is InChI=1S/C22H26N6O4/c1-22(2,3)32-21(31)27-8-9-28-14(12-27)10-16(29)26(5)19-18(28)17-15(25(4)20(19)30)7-6-13(11-23)24-17/h6-7,14H,8-10,12H2,1-5H3. The van der Waals surface area contributed by atoms with Crippen molar-refractivity contribution in [3.05, 3.63) is 28.2 Å². The third-order valence-corrected chi connectivity index (χ3v) is 5.85. The van der Waals surface area contributed by atoms with Crippen molar-refractivity contribution in [1.29, 1.82) is 5.26 Å². The van der Waals surface area contributed by atoms with Gasteiger partial charge in [0.1, 0.15) is 28.6 Å². The second kappa shape index (κ2) is 7.51. The maximum atomic E-state index is 13.3. The summed E-state index contributed by atoms with van der Waals surface area (Å²) in [5.74, 6) is -0.224. The van der Waals surface area contributed by atoms with Crippen LogP contribution >= 0.6 is 0 Å². The molecule has 2 aliphatic heterocycles. The van der Waals surface area contributed by atoms with Crippen molar-refractivity contribution >= 4 is 34.4 Å². The predicted octanol–water partition coefficient (Wildman–Crippen LogP) is 1.60. The highest BCUT2D eigenvalue weighted by molar-refractivity contribution is 6.05. The zero-order chi connectivity index (χ0) is 23.4. The zero-order valence-corrected chi connectivity index (χ0v) is 18.9. The molecule has 0 spiro atoms. The number of fused-ring (bicyclic) bond motifs is 5. The van der Waals surface area contributed by atoms with Crippen LogP contribution in [0.5, 0.6) is 0 Å². The van der Waals surface area contributed by atoms with Crippen molar-refractivity contribution in [2.75, 3.05) is 36.5 Å². The van der Waals surface area contributed by atoms with E-state index in [0.29, 0.717) is 29.8 Å². The number of aromatic nitrogens is 2. The minimum absolute atomic E-state index is 0.132. The predicted molar refractivity (Wildman–Crippen MR) is 119 cm³/mol. The molecule has 1 atom stereocenters. The van der Waals surface area contributed by atoms with Gasteiger partial charge in [-0.2, -0.15) is 5.26 Å². The summed E-state index contributed by atoms with van der Waals surface area (Å²) in [6, 6.07) is 4.96.